The molecule has 33 heavy (non-hydrogen) atoms. The van der Waals surface area contributed by atoms with Gasteiger partial charge in [0.25, 0.3) is 11.7 Å². The number of hydrogen-bond donors (Lipinski definition) is 1. The summed E-state index contributed by atoms with van der Waals surface area (Å²) in [5.74, 6) is -0.688. The lowest BCUT2D eigenvalue weighted by Gasteiger charge is -2.27. The molecule has 1 N–H and O–H groups in total. The number of aliphatic hydroxyl groups is 1. The summed E-state index contributed by atoms with van der Waals surface area (Å²) in [5.41, 5.74) is 4.96. The van der Waals surface area contributed by atoms with Gasteiger partial charge < -0.3 is 9.84 Å². The zero-order valence-electron chi connectivity index (χ0n) is 18.7. The van der Waals surface area contributed by atoms with Crippen LogP contribution in [-0.2, 0) is 16.0 Å². The third kappa shape index (κ3) is 3.59. The molecule has 2 aliphatic heterocycles. The normalized spacial score (nSPS) is 19.3. The molecule has 5 nitrogen and oxygen atoms in total. The van der Waals surface area contributed by atoms with Crippen LogP contribution in [-0.4, -0.2) is 23.4 Å². The molecule has 1 atom stereocenters. The summed E-state index contributed by atoms with van der Waals surface area (Å²) in [6.07, 6.45) is 1.74. The zero-order chi connectivity index (χ0) is 23.1. The van der Waals surface area contributed by atoms with Crippen LogP contribution >= 0.6 is 0 Å². The van der Waals surface area contributed by atoms with Crippen molar-refractivity contribution in [1.82, 2.24) is 0 Å². The molecule has 0 bridgehead atoms. The predicted molar refractivity (Wildman–Crippen MR) is 127 cm³/mol. The first-order valence-corrected chi connectivity index (χ1v) is 11.1. The zero-order valence-corrected chi connectivity index (χ0v) is 18.7. The number of carbonyl (C=O) groups is 2. The number of nitrogens with zero attached hydrogens (tertiary/aromatic N) is 1. The number of anilines is 1. The maximum atomic E-state index is 13.3. The minimum absolute atomic E-state index is 0.104. The van der Waals surface area contributed by atoms with E-state index in [1.165, 1.54) is 4.90 Å². The molecule has 0 spiro atoms. The van der Waals surface area contributed by atoms with Crippen molar-refractivity contribution < 1.29 is 19.4 Å². The van der Waals surface area contributed by atoms with E-state index in [1.807, 2.05) is 74.5 Å². The molecule has 2 heterocycles. The Morgan fingerprint density at radius 2 is 1.82 bits per heavy atom. The Hall–Kier alpha value is -3.86. The van der Waals surface area contributed by atoms with E-state index >= 15 is 0 Å². The summed E-state index contributed by atoms with van der Waals surface area (Å²) in [6.45, 7) is 4.56. The Balaban J connectivity index is 1.72. The van der Waals surface area contributed by atoms with Crippen LogP contribution in [0.3, 0.4) is 0 Å². The van der Waals surface area contributed by atoms with Crippen LogP contribution in [0, 0.1) is 13.8 Å². The molecule has 0 aromatic heterocycles. The molecule has 0 aliphatic carbocycles. The molecule has 2 aliphatic rings. The number of fused-ring (bicyclic) bond motifs is 1. The number of aryl methyl sites for hydroxylation is 3. The second-order valence-corrected chi connectivity index (χ2v) is 8.64. The quantitative estimate of drug-likeness (QED) is 0.344. The van der Waals surface area contributed by atoms with Gasteiger partial charge in [-0.2, -0.15) is 0 Å². The molecule has 5 rings (SSSR count). The van der Waals surface area contributed by atoms with Gasteiger partial charge in [-0.15, -0.1) is 0 Å². The standard InChI is InChI=1S/C28H25NO4/c1-17-7-5-10-21(15-17)29-25(22-11-4-3-8-18(22)2)24(27(31)28(29)32)26(30)20-12-13-23-19(16-20)9-6-14-33-23/h3-5,7-8,10-13,15-16,25,30H,6,9,14H2,1-2H3/b26-24+. The lowest BCUT2D eigenvalue weighted by Crippen LogP contribution is -2.29. The van der Waals surface area contributed by atoms with Gasteiger partial charge in [-0.05, 0) is 79.3 Å². The predicted octanol–water partition coefficient (Wildman–Crippen LogP) is 5.25. The molecule has 1 unspecified atom stereocenters. The molecular formula is C28H25NO4. The first-order valence-electron chi connectivity index (χ1n) is 11.1. The Morgan fingerprint density at radius 1 is 1.00 bits per heavy atom. The third-order valence-electron chi connectivity index (χ3n) is 6.39. The van der Waals surface area contributed by atoms with Crippen molar-refractivity contribution in [3.8, 4) is 5.75 Å². The van der Waals surface area contributed by atoms with Gasteiger partial charge in [0.1, 0.15) is 11.5 Å². The number of benzene rings is 3. The van der Waals surface area contributed by atoms with Crippen molar-refractivity contribution in [2.75, 3.05) is 11.5 Å². The third-order valence-corrected chi connectivity index (χ3v) is 6.39. The number of Topliss-reactive ketones (excluding diaryl/α,β-unsaturated/α-hetero) is 1. The van der Waals surface area contributed by atoms with E-state index in [1.54, 1.807) is 6.07 Å². The minimum Gasteiger partial charge on any atom is -0.507 e. The van der Waals surface area contributed by atoms with E-state index < -0.39 is 17.7 Å². The van der Waals surface area contributed by atoms with Gasteiger partial charge in [-0.25, -0.2) is 0 Å². The fraction of sp³-hybridized carbons (Fsp3) is 0.214. The van der Waals surface area contributed by atoms with Crippen LogP contribution in [0.1, 0.15) is 40.3 Å². The summed E-state index contributed by atoms with van der Waals surface area (Å²) in [4.78, 5) is 28.1. The number of ketones is 1. The largest absolute Gasteiger partial charge is 0.507 e. The fourth-order valence-corrected chi connectivity index (χ4v) is 4.73. The highest BCUT2D eigenvalue weighted by molar-refractivity contribution is 6.51. The van der Waals surface area contributed by atoms with Crippen molar-refractivity contribution in [1.29, 1.82) is 0 Å². The van der Waals surface area contributed by atoms with E-state index in [2.05, 4.69) is 0 Å². The first-order chi connectivity index (χ1) is 16.0. The molecule has 3 aromatic rings. The highest BCUT2D eigenvalue weighted by Crippen LogP contribution is 2.43. The number of aliphatic hydroxyl groups excluding tert-OH is 1. The maximum Gasteiger partial charge on any atom is 0.300 e. The van der Waals surface area contributed by atoms with Crippen LogP contribution < -0.4 is 9.64 Å². The summed E-state index contributed by atoms with van der Waals surface area (Å²) in [7, 11) is 0. The van der Waals surface area contributed by atoms with E-state index in [4.69, 9.17) is 4.74 Å². The minimum atomic E-state index is -0.722. The van der Waals surface area contributed by atoms with Crippen LogP contribution in [0.5, 0.6) is 5.75 Å². The maximum absolute atomic E-state index is 13.3. The Morgan fingerprint density at radius 3 is 2.61 bits per heavy atom. The summed E-state index contributed by atoms with van der Waals surface area (Å²) < 4.78 is 5.69. The van der Waals surface area contributed by atoms with Gasteiger partial charge in [0.05, 0.1) is 18.2 Å². The Kier molecular flexibility index (Phi) is 5.25. The SMILES string of the molecule is Cc1cccc(N2C(=O)C(=O)/C(=C(/O)c3ccc4c(c3)CCCO4)C2c2ccccc2C)c1. The lowest BCUT2D eigenvalue weighted by atomic mass is 9.91. The molecule has 166 valence electrons. The second kappa shape index (κ2) is 8.24. The van der Waals surface area contributed by atoms with Crippen molar-refractivity contribution in [3.63, 3.8) is 0 Å². The van der Waals surface area contributed by atoms with E-state index in [0.717, 1.165) is 40.8 Å². The highest BCUT2D eigenvalue weighted by Gasteiger charge is 2.47. The summed E-state index contributed by atoms with van der Waals surface area (Å²) in [5, 5.41) is 11.4. The number of amides is 1. The van der Waals surface area contributed by atoms with Crippen molar-refractivity contribution in [2.45, 2.75) is 32.7 Å². The highest BCUT2D eigenvalue weighted by atomic mass is 16.5. The molecule has 1 saturated heterocycles. The Labute approximate surface area is 192 Å². The van der Waals surface area contributed by atoms with Gasteiger partial charge in [-0.3, -0.25) is 14.5 Å². The van der Waals surface area contributed by atoms with Crippen LogP contribution in [0.2, 0.25) is 0 Å². The smallest absolute Gasteiger partial charge is 0.300 e. The molecule has 3 aromatic carbocycles. The molecule has 1 fully saturated rings. The fourth-order valence-electron chi connectivity index (χ4n) is 4.73. The van der Waals surface area contributed by atoms with Gasteiger partial charge in [0.15, 0.2) is 0 Å². The van der Waals surface area contributed by atoms with Gasteiger partial charge in [-0.1, -0.05) is 36.4 Å². The average molecular weight is 440 g/mol. The van der Waals surface area contributed by atoms with Gasteiger partial charge >= 0.3 is 0 Å². The van der Waals surface area contributed by atoms with E-state index in [9.17, 15) is 14.7 Å². The summed E-state index contributed by atoms with van der Waals surface area (Å²) >= 11 is 0. The average Bonchev–Trinajstić information content (AvgIpc) is 3.09. The number of hydrogen-bond acceptors (Lipinski definition) is 4. The van der Waals surface area contributed by atoms with Gasteiger partial charge in [0, 0.05) is 11.3 Å². The van der Waals surface area contributed by atoms with Crippen molar-refractivity contribution in [3.05, 3.63) is 100 Å². The first kappa shape index (κ1) is 21.0. The van der Waals surface area contributed by atoms with Crippen molar-refractivity contribution in [2.24, 2.45) is 0 Å². The van der Waals surface area contributed by atoms with Gasteiger partial charge in [0.2, 0.25) is 0 Å². The number of ether oxygens (including phenoxy) is 1. The molecular weight excluding hydrogens is 414 g/mol. The number of rotatable bonds is 3. The Bertz CT molecular complexity index is 1310. The van der Waals surface area contributed by atoms with Crippen LogP contribution in [0.25, 0.3) is 5.76 Å². The molecule has 5 heteroatoms. The van der Waals surface area contributed by atoms with E-state index in [0.29, 0.717) is 17.9 Å². The molecule has 0 saturated carbocycles. The topological polar surface area (TPSA) is 66.8 Å². The van der Waals surface area contributed by atoms with Crippen LogP contribution in [0.4, 0.5) is 5.69 Å². The van der Waals surface area contributed by atoms with Crippen molar-refractivity contribution >= 4 is 23.1 Å². The van der Waals surface area contributed by atoms with Crippen LogP contribution in [0.15, 0.2) is 72.3 Å². The molecule has 0 radical (unpaired) electrons. The molecule has 1 amide bonds. The van der Waals surface area contributed by atoms with E-state index in [-0.39, 0.29) is 11.3 Å². The summed E-state index contributed by atoms with van der Waals surface area (Å²) in [6, 6.07) is 19.9. The lowest BCUT2D eigenvalue weighted by molar-refractivity contribution is -0.132. The number of carbonyl (C=O) groups excluding carboxylic acids is 2. The monoisotopic (exact) mass is 439 g/mol. The second-order valence-electron chi connectivity index (χ2n) is 8.64.